The molecule has 4 nitrogen and oxygen atoms in total. The molecule has 1 aromatic heterocycles. The Hall–Kier alpha value is -1.14. The van der Waals surface area contributed by atoms with E-state index in [0.717, 1.165) is 35.8 Å². The molecule has 0 unspecified atom stereocenters. The minimum absolute atomic E-state index is 0. The average molecular weight is 376 g/mol. The summed E-state index contributed by atoms with van der Waals surface area (Å²) in [6, 6.07) is 10.0. The van der Waals surface area contributed by atoms with Crippen LogP contribution < -0.4 is 10.6 Å². The molecule has 0 spiro atoms. The molecule has 0 radical (unpaired) electrons. The van der Waals surface area contributed by atoms with E-state index in [2.05, 4.69) is 22.5 Å². The van der Waals surface area contributed by atoms with Crippen LogP contribution in [-0.4, -0.2) is 30.5 Å². The van der Waals surface area contributed by atoms with Gasteiger partial charge in [-0.2, -0.15) is 0 Å². The Morgan fingerprint density at radius 2 is 1.87 bits per heavy atom. The summed E-state index contributed by atoms with van der Waals surface area (Å²) in [4.78, 5) is 16.3. The van der Waals surface area contributed by atoms with Gasteiger partial charge in [0.25, 0.3) is 0 Å². The zero-order valence-corrected chi connectivity index (χ0v) is 15.5. The number of amides is 1. The molecule has 0 atom stereocenters. The van der Waals surface area contributed by atoms with Crippen LogP contribution in [0.25, 0.3) is 10.6 Å². The lowest BCUT2D eigenvalue weighted by Gasteiger charge is -2.04. The van der Waals surface area contributed by atoms with Crippen molar-refractivity contribution in [3.05, 3.63) is 41.4 Å². The van der Waals surface area contributed by atoms with E-state index in [-0.39, 0.29) is 30.7 Å². The molecule has 0 saturated heterocycles. The van der Waals surface area contributed by atoms with Gasteiger partial charge in [0.05, 0.1) is 12.1 Å². The number of carbonyl (C=O) groups excluding carboxylic acids is 1. The Morgan fingerprint density at radius 3 is 2.57 bits per heavy atom. The number of hydrogen-bond acceptors (Lipinski definition) is 4. The molecule has 1 aromatic carbocycles. The maximum atomic E-state index is 11.8. The van der Waals surface area contributed by atoms with Crippen LogP contribution in [0.1, 0.15) is 19.0 Å². The fourth-order valence-corrected chi connectivity index (χ4v) is 2.75. The molecule has 0 aliphatic heterocycles. The Morgan fingerprint density at radius 1 is 1.13 bits per heavy atom. The van der Waals surface area contributed by atoms with Gasteiger partial charge in [0, 0.05) is 24.0 Å². The number of hydrogen-bond donors (Lipinski definition) is 2. The second-order valence-electron chi connectivity index (χ2n) is 4.79. The number of halogens is 2. The largest absolute Gasteiger partial charge is 0.354 e. The van der Waals surface area contributed by atoms with Crippen LogP contribution in [0.4, 0.5) is 0 Å². The quantitative estimate of drug-likeness (QED) is 0.695. The fourth-order valence-electron chi connectivity index (χ4n) is 1.92. The minimum atomic E-state index is 0. The Labute approximate surface area is 153 Å². The standard InChI is InChI=1S/C16H21N3OS.2ClH/c1-2-8-17-9-10-18-15(20)11-14-12-21-16(19-14)13-6-4-3-5-7-13;;/h3-7,12,17H,2,8-11H2,1H3,(H,18,20);2*1H. The van der Waals surface area contributed by atoms with E-state index in [1.165, 1.54) is 0 Å². The van der Waals surface area contributed by atoms with Crippen molar-refractivity contribution in [2.45, 2.75) is 19.8 Å². The van der Waals surface area contributed by atoms with Crippen molar-refractivity contribution in [2.75, 3.05) is 19.6 Å². The predicted octanol–water partition coefficient (Wildman–Crippen LogP) is 3.31. The molecular weight excluding hydrogens is 353 g/mol. The lowest BCUT2D eigenvalue weighted by molar-refractivity contribution is -0.120. The van der Waals surface area contributed by atoms with Gasteiger partial charge in [-0.05, 0) is 13.0 Å². The molecule has 2 aromatic rings. The summed E-state index contributed by atoms with van der Waals surface area (Å²) < 4.78 is 0. The molecule has 0 aliphatic rings. The molecule has 7 heteroatoms. The molecule has 2 rings (SSSR count). The first-order valence-electron chi connectivity index (χ1n) is 7.27. The lowest BCUT2D eigenvalue weighted by Crippen LogP contribution is -2.33. The lowest BCUT2D eigenvalue weighted by atomic mass is 10.2. The highest BCUT2D eigenvalue weighted by molar-refractivity contribution is 7.13. The van der Waals surface area contributed by atoms with Crippen molar-refractivity contribution < 1.29 is 4.79 Å². The van der Waals surface area contributed by atoms with Gasteiger partial charge < -0.3 is 10.6 Å². The second kappa shape index (κ2) is 12.3. The van der Waals surface area contributed by atoms with Crippen LogP contribution in [0.2, 0.25) is 0 Å². The molecule has 0 fully saturated rings. The van der Waals surface area contributed by atoms with Crippen molar-refractivity contribution in [1.82, 2.24) is 15.6 Å². The highest BCUT2D eigenvalue weighted by Gasteiger charge is 2.08. The van der Waals surface area contributed by atoms with Crippen molar-refractivity contribution in [1.29, 1.82) is 0 Å². The van der Waals surface area contributed by atoms with Crippen LogP contribution in [0.5, 0.6) is 0 Å². The van der Waals surface area contributed by atoms with E-state index in [1.807, 2.05) is 35.7 Å². The van der Waals surface area contributed by atoms with E-state index in [4.69, 9.17) is 0 Å². The molecule has 0 saturated carbocycles. The molecule has 23 heavy (non-hydrogen) atoms. The monoisotopic (exact) mass is 375 g/mol. The van der Waals surface area contributed by atoms with Crippen LogP contribution in [-0.2, 0) is 11.2 Å². The highest BCUT2D eigenvalue weighted by atomic mass is 35.5. The maximum absolute atomic E-state index is 11.8. The summed E-state index contributed by atoms with van der Waals surface area (Å²) in [6.45, 7) is 4.58. The van der Waals surface area contributed by atoms with Crippen LogP contribution in [0.15, 0.2) is 35.7 Å². The third-order valence-corrected chi connectivity index (χ3v) is 3.91. The molecule has 1 amide bonds. The first kappa shape index (κ1) is 21.9. The predicted molar refractivity (Wildman–Crippen MR) is 102 cm³/mol. The summed E-state index contributed by atoms with van der Waals surface area (Å²) >= 11 is 1.58. The zero-order chi connectivity index (χ0) is 14.9. The fraction of sp³-hybridized carbons (Fsp3) is 0.375. The van der Waals surface area contributed by atoms with Crippen molar-refractivity contribution in [3.8, 4) is 10.6 Å². The maximum Gasteiger partial charge on any atom is 0.226 e. The van der Waals surface area contributed by atoms with E-state index >= 15 is 0 Å². The molecule has 0 bridgehead atoms. The highest BCUT2D eigenvalue weighted by Crippen LogP contribution is 2.23. The first-order chi connectivity index (χ1) is 10.3. The number of benzene rings is 1. The molecular formula is C16H23Cl2N3OS. The normalized spacial score (nSPS) is 9.61. The van der Waals surface area contributed by atoms with E-state index in [1.54, 1.807) is 11.3 Å². The van der Waals surface area contributed by atoms with Crippen LogP contribution in [0.3, 0.4) is 0 Å². The second-order valence-corrected chi connectivity index (χ2v) is 5.64. The topological polar surface area (TPSA) is 54.0 Å². The van der Waals surface area contributed by atoms with Crippen LogP contribution >= 0.6 is 36.2 Å². The van der Waals surface area contributed by atoms with Gasteiger partial charge in [-0.25, -0.2) is 4.98 Å². The van der Waals surface area contributed by atoms with Gasteiger partial charge in [-0.1, -0.05) is 37.3 Å². The van der Waals surface area contributed by atoms with Gasteiger partial charge >= 0.3 is 0 Å². The Kier molecular flexibility index (Phi) is 11.7. The number of nitrogens with zero attached hydrogens (tertiary/aromatic N) is 1. The van der Waals surface area contributed by atoms with Crippen LogP contribution in [0, 0.1) is 0 Å². The number of rotatable bonds is 8. The van der Waals surface area contributed by atoms with Gasteiger partial charge in [0.2, 0.25) is 5.91 Å². The van der Waals surface area contributed by atoms with Gasteiger partial charge in [-0.3, -0.25) is 4.79 Å². The number of carbonyl (C=O) groups is 1. The number of nitrogens with one attached hydrogen (secondary N) is 2. The van der Waals surface area contributed by atoms with Gasteiger partial charge in [0.1, 0.15) is 5.01 Å². The third kappa shape index (κ3) is 7.79. The van der Waals surface area contributed by atoms with Crippen molar-refractivity contribution >= 4 is 42.1 Å². The first-order valence-corrected chi connectivity index (χ1v) is 8.15. The number of aromatic nitrogens is 1. The summed E-state index contributed by atoms with van der Waals surface area (Å²) in [6.07, 6.45) is 1.45. The average Bonchev–Trinajstić information content (AvgIpc) is 2.96. The Bertz CT molecular complexity index is 563. The summed E-state index contributed by atoms with van der Waals surface area (Å²) in [5.41, 5.74) is 1.93. The number of thiazole rings is 1. The van der Waals surface area contributed by atoms with Gasteiger partial charge in [-0.15, -0.1) is 36.2 Å². The molecule has 2 N–H and O–H groups in total. The van der Waals surface area contributed by atoms with E-state index in [0.29, 0.717) is 13.0 Å². The molecule has 1 heterocycles. The minimum Gasteiger partial charge on any atom is -0.354 e. The van der Waals surface area contributed by atoms with Crippen molar-refractivity contribution in [3.63, 3.8) is 0 Å². The molecule has 128 valence electrons. The third-order valence-electron chi connectivity index (χ3n) is 2.96. The van der Waals surface area contributed by atoms with Gasteiger partial charge in [0.15, 0.2) is 0 Å². The van der Waals surface area contributed by atoms with E-state index < -0.39 is 0 Å². The van der Waals surface area contributed by atoms with Crippen molar-refractivity contribution in [2.24, 2.45) is 0 Å². The SMILES string of the molecule is CCCNCCNC(=O)Cc1csc(-c2ccccc2)n1.Cl.Cl. The summed E-state index contributed by atoms with van der Waals surface area (Å²) in [5, 5.41) is 9.07. The summed E-state index contributed by atoms with van der Waals surface area (Å²) in [7, 11) is 0. The Balaban J connectivity index is 0.00000242. The molecule has 0 aliphatic carbocycles. The zero-order valence-electron chi connectivity index (χ0n) is 13.1. The van der Waals surface area contributed by atoms with E-state index in [9.17, 15) is 4.79 Å². The smallest absolute Gasteiger partial charge is 0.226 e. The summed E-state index contributed by atoms with van der Waals surface area (Å²) in [5.74, 6) is 0.0261.